The average Bonchev–Trinajstić information content (AvgIpc) is 2.56. The van der Waals surface area contributed by atoms with Crippen LogP contribution in [0.5, 0.6) is 0 Å². The van der Waals surface area contributed by atoms with Gasteiger partial charge >= 0.3 is 0 Å². The molecule has 1 saturated heterocycles. The van der Waals surface area contributed by atoms with Crippen LogP contribution in [0.3, 0.4) is 0 Å². The number of nitrogens with zero attached hydrogens (tertiary/aromatic N) is 4. The van der Waals surface area contributed by atoms with Crippen LogP contribution >= 0.6 is 15.9 Å². The van der Waals surface area contributed by atoms with Gasteiger partial charge in [-0.2, -0.15) is 4.31 Å². The van der Waals surface area contributed by atoms with Crippen molar-refractivity contribution < 1.29 is 8.42 Å². The van der Waals surface area contributed by atoms with Crippen molar-refractivity contribution in [3.63, 3.8) is 0 Å². The number of benzene rings is 1. The summed E-state index contributed by atoms with van der Waals surface area (Å²) in [5.74, 6) is 0.778. The van der Waals surface area contributed by atoms with Crippen molar-refractivity contribution in [3.05, 3.63) is 47.3 Å². The Morgan fingerprint density at radius 2 is 1.77 bits per heavy atom. The van der Waals surface area contributed by atoms with E-state index in [-0.39, 0.29) is 0 Å². The zero-order valence-electron chi connectivity index (χ0n) is 11.8. The molecule has 6 nitrogen and oxygen atoms in total. The van der Waals surface area contributed by atoms with Gasteiger partial charge in [0.15, 0.2) is 0 Å². The number of piperazine rings is 1. The zero-order chi connectivity index (χ0) is 15.6. The first kappa shape index (κ1) is 15.4. The normalized spacial score (nSPS) is 16.7. The largest absolute Gasteiger partial charge is 0.353 e. The first-order valence-electron chi connectivity index (χ1n) is 6.85. The van der Waals surface area contributed by atoms with Gasteiger partial charge in [0, 0.05) is 43.0 Å². The molecule has 1 fully saturated rings. The van der Waals surface area contributed by atoms with Crippen molar-refractivity contribution in [1.82, 2.24) is 14.3 Å². The summed E-state index contributed by atoms with van der Waals surface area (Å²) in [6, 6.07) is 6.89. The molecule has 1 aromatic heterocycles. The van der Waals surface area contributed by atoms with Gasteiger partial charge < -0.3 is 4.90 Å². The average molecular weight is 383 g/mol. The third-order valence-electron chi connectivity index (χ3n) is 3.57. The van der Waals surface area contributed by atoms with E-state index in [4.69, 9.17) is 0 Å². The van der Waals surface area contributed by atoms with E-state index < -0.39 is 10.0 Å². The number of aromatic nitrogens is 2. The molecule has 0 aliphatic carbocycles. The quantitative estimate of drug-likeness (QED) is 0.808. The topological polar surface area (TPSA) is 66.4 Å². The summed E-state index contributed by atoms with van der Waals surface area (Å²) >= 11 is 3.31. The molecule has 0 radical (unpaired) electrons. The summed E-state index contributed by atoms with van der Waals surface area (Å²) in [5, 5.41) is 0. The summed E-state index contributed by atoms with van der Waals surface area (Å²) in [7, 11) is -3.47. The number of hydrogen-bond donors (Lipinski definition) is 0. The van der Waals surface area contributed by atoms with Crippen molar-refractivity contribution in [2.24, 2.45) is 0 Å². The van der Waals surface area contributed by atoms with Crippen LogP contribution < -0.4 is 4.90 Å². The summed E-state index contributed by atoms with van der Waals surface area (Å²) < 4.78 is 27.5. The maximum atomic E-state index is 12.7. The van der Waals surface area contributed by atoms with Crippen LogP contribution in [0.15, 0.2) is 52.2 Å². The molecule has 2 aromatic rings. The standard InChI is InChI=1S/C14H15BrN4O2S/c15-12-3-1-2-4-13(12)22(20,21)19-9-7-18(8-10-19)14-11-16-5-6-17-14/h1-6,11H,7-10H2. The molecule has 2 heterocycles. The molecule has 1 aromatic carbocycles. The Morgan fingerprint density at radius 1 is 1.05 bits per heavy atom. The highest BCUT2D eigenvalue weighted by Gasteiger charge is 2.30. The first-order chi connectivity index (χ1) is 10.6. The Balaban J connectivity index is 1.75. The van der Waals surface area contributed by atoms with Gasteiger partial charge in [-0.05, 0) is 28.1 Å². The zero-order valence-corrected chi connectivity index (χ0v) is 14.2. The van der Waals surface area contributed by atoms with E-state index in [0.29, 0.717) is 35.5 Å². The molecule has 0 spiro atoms. The number of anilines is 1. The summed E-state index contributed by atoms with van der Waals surface area (Å²) in [6.45, 7) is 2.06. The lowest BCUT2D eigenvalue weighted by Gasteiger charge is -2.34. The Kier molecular flexibility index (Phi) is 4.42. The molecule has 0 N–H and O–H groups in total. The number of halogens is 1. The van der Waals surface area contributed by atoms with Crippen LogP contribution in [0, 0.1) is 0 Å². The van der Waals surface area contributed by atoms with Gasteiger partial charge in [-0.25, -0.2) is 13.4 Å². The first-order valence-corrected chi connectivity index (χ1v) is 9.08. The Labute approximate surface area is 138 Å². The van der Waals surface area contributed by atoms with Gasteiger partial charge in [-0.15, -0.1) is 0 Å². The minimum absolute atomic E-state index is 0.308. The predicted molar refractivity (Wildman–Crippen MR) is 87.1 cm³/mol. The lowest BCUT2D eigenvalue weighted by atomic mass is 10.3. The fraction of sp³-hybridized carbons (Fsp3) is 0.286. The molecular formula is C14H15BrN4O2S. The molecular weight excluding hydrogens is 368 g/mol. The van der Waals surface area contributed by atoms with Crippen LogP contribution in [0.4, 0.5) is 5.82 Å². The minimum atomic E-state index is -3.47. The van der Waals surface area contributed by atoms with Crippen molar-refractivity contribution in [3.8, 4) is 0 Å². The second-order valence-corrected chi connectivity index (χ2v) is 7.65. The number of sulfonamides is 1. The van der Waals surface area contributed by atoms with Gasteiger partial charge in [0.25, 0.3) is 0 Å². The SMILES string of the molecule is O=S(=O)(c1ccccc1Br)N1CCN(c2cnccn2)CC1. The molecule has 1 aliphatic heterocycles. The maximum Gasteiger partial charge on any atom is 0.244 e. The highest BCUT2D eigenvalue weighted by molar-refractivity contribution is 9.10. The van der Waals surface area contributed by atoms with Crippen molar-refractivity contribution in [2.45, 2.75) is 4.90 Å². The fourth-order valence-corrected chi connectivity index (χ4v) is 4.79. The van der Waals surface area contributed by atoms with E-state index in [1.807, 2.05) is 4.90 Å². The summed E-state index contributed by atoms with van der Waals surface area (Å²) in [5.41, 5.74) is 0. The molecule has 0 atom stereocenters. The molecule has 8 heteroatoms. The highest BCUT2D eigenvalue weighted by Crippen LogP contribution is 2.25. The van der Waals surface area contributed by atoms with E-state index in [1.165, 1.54) is 4.31 Å². The molecule has 0 amide bonds. The third kappa shape index (κ3) is 2.99. The van der Waals surface area contributed by atoms with Crippen LogP contribution in [0.25, 0.3) is 0 Å². The lowest BCUT2D eigenvalue weighted by Crippen LogP contribution is -2.49. The molecule has 0 saturated carbocycles. The predicted octanol–water partition coefficient (Wildman–Crippen LogP) is 1.75. The van der Waals surface area contributed by atoms with E-state index in [1.54, 1.807) is 42.9 Å². The second kappa shape index (κ2) is 6.31. The van der Waals surface area contributed by atoms with Crippen molar-refractivity contribution in [1.29, 1.82) is 0 Å². The van der Waals surface area contributed by atoms with Crippen molar-refractivity contribution >= 4 is 31.8 Å². The monoisotopic (exact) mass is 382 g/mol. The molecule has 0 bridgehead atoms. The van der Waals surface area contributed by atoms with Crippen LogP contribution in [0.2, 0.25) is 0 Å². The summed E-state index contributed by atoms with van der Waals surface area (Å²) in [6.07, 6.45) is 4.95. The summed E-state index contributed by atoms with van der Waals surface area (Å²) in [4.78, 5) is 10.6. The van der Waals surface area contributed by atoms with Gasteiger partial charge in [0.05, 0.1) is 11.1 Å². The molecule has 0 unspecified atom stereocenters. The lowest BCUT2D eigenvalue weighted by molar-refractivity contribution is 0.383. The Morgan fingerprint density at radius 3 is 2.41 bits per heavy atom. The number of hydrogen-bond acceptors (Lipinski definition) is 5. The number of rotatable bonds is 3. The molecule has 116 valence electrons. The smallest absolute Gasteiger partial charge is 0.244 e. The van der Waals surface area contributed by atoms with Crippen LogP contribution in [0.1, 0.15) is 0 Å². The van der Waals surface area contributed by atoms with E-state index in [2.05, 4.69) is 25.9 Å². The Bertz CT molecular complexity index is 746. The van der Waals surface area contributed by atoms with E-state index in [0.717, 1.165) is 5.82 Å². The fourth-order valence-electron chi connectivity index (χ4n) is 2.41. The molecule has 22 heavy (non-hydrogen) atoms. The van der Waals surface area contributed by atoms with Gasteiger partial charge in [0.2, 0.25) is 10.0 Å². The molecule has 3 rings (SSSR count). The van der Waals surface area contributed by atoms with Gasteiger partial charge in [-0.3, -0.25) is 4.98 Å². The molecule has 1 aliphatic rings. The van der Waals surface area contributed by atoms with Gasteiger partial charge in [0.1, 0.15) is 5.82 Å². The Hall–Kier alpha value is -1.51. The van der Waals surface area contributed by atoms with Crippen molar-refractivity contribution in [2.75, 3.05) is 31.1 Å². The highest BCUT2D eigenvalue weighted by atomic mass is 79.9. The van der Waals surface area contributed by atoms with E-state index >= 15 is 0 Å². The van der Waals surface area contributed by atoms with Gasteiger partial charge in [-0.1, -0.05) is 12.1 Å². The van der Waals surface area contributed by atoms with Crippen LogP contribution in [-0.2, 0) is 10.0 Å². The maximum absolute atomic E-state index is 12.7. The third-order valence-corrected chi connectivity index (χ3v) is 6.48. The van der Waals surface area contributed by atoms with E-state index in [9.17, 15) is 8.42 Å². The second-order valence-electron chi connectivity index (χ2n) is 4.89. The minimum Gasteiger partial charge on any atom is -0.353 e. The van der Waals surface area contributed by atoms with Crippen LogP contribution in [-0.4, -0.2) is 48.9 Å².